The molecule has 0 bridgehead atoms. The van der Waals surface area contributed by atoms with Crippen LogP contribution in [0.4, 0.5) is 11.4 Å². The van der Waals surface area contributed by atoms with Crippen molar-refractivity contribution < 1.29 is 19.2 Å². The molecular weight excluding hydrogens is 476 g/mol. The lowest BCUT2D eigenvalue weighted by atomic mass is 9.90. The third kappa shape index (κ3) is 4.30. The Kier molecular flexibility index (Phi) is 7.01. The van der Waals surface area contributed by atoms with Crippen molar-refractivity contribution in [3.05, 3.63) is 80.9 Å². The molecule has 0 unspecified atom stereocenters. The van der Waals surface area contributed by atoms with E-state index in [1.54, 1.807) is 0 Å². The first-order chi connectivity index (χ1) is 17.1. The normalized spacial score (nSPS) is 15.4. The Morgan fingerprint density at radius 2 is 1.28 bits per heavy atom. The van der Waals surface area contributed by atoms with E-state index in [2.05, 4.69) is 0 Å². The van der Waals surface area contributed by atoms with Gasteiger partial charge in [0.1, 0.15) is 0 Å². The van der Waals surface area contributed by atoms with Crippen LogP contribution in [-0.2, 0) is 38.4 Å². The van der Waals surface area contributed by atoms with Crippen molar-refractivity contribution in [1.82, 2.24) is 0 Å². The lowest BCUT2D eigenvalue weighted by Crippen LogP contribution is -2.32. The first kappa shape index (κ1) is 25.6. The molecule has 0 spiro atoms. The smallest absolute Gasteiger partial charge is 0.258 e. The van der Waals surface area contributed by atoms with E-state index in [4.69, 9.17) is 11.6 Å². The average molecular weight is 505 g/mol. The van der Waals surface area contributed by atoms with E-state index < -0.39 is 0 Å². The molecule has 7 heteroatoms. The number of carbonyl (C=O) groups excluding carboxylic acids is 4. The predicted molar refractivity (Wildman–Crippen MR) is 142 cm³/mol. The van der Waals surface area contributed by atoms with Crippen molar-refractivity contribution >= 4 is 46.6 Å². The van der Waals surface area contributed by atoms with E-state index in [1.807, 2.05) is 52.8 Å². The number of hydrogen-bond donors (Lipinski definition) is 0. The Morgan fingerprint density at radius 3 is 1.75 bits per heavy atom. The molecule has 6 nitrogen and oxygen atoms in total. The Bertz CT molecular complexity index is 1330. The number of rotatable bonds is 7. The van der Waals surface area contributed by atoms with E-state index >= 15 is 0 Å². The largest absolute Gasteiger partial charge is 0.269 e. The minimum Gasteiger partial charge on any atom is -0.269 e. The van der Waals surface area contributed by atoms with Crippen LogP contribution in [0.3, 0.4) is 0 Å². The number of aryl methyl sites for hydroxylation is 2. The van der Waals surface area contributed by atoms with Gasteiger partial charge < -0.3 is 0 Å². The minimum atomic E-state index is -0.360. The summed E-state index contributed by atoms with van der Waals surface area (Å²) in [5.74, 6) is -1.31. The molecule has 4 amide bonds. The molecule has 0 aromatic heterocycles. The van der Waals surface area contributed by atoms with Gasteiger partial charge in [-0.1, -0.05) is 57.5 Å². The fourth-order valence-electron chi connectivity index (χ4n) is 5.03. The van der Waals surface area contributed by atoms with Gasteiger partial charge in [-0.25, -0.2) is 9.80 Å². The summed E-state index contributed by atoms with van der Waals surface area (Å²) in [5, 5.41) is 0.541. The zero-order valence-corrected chi connectivity index (χ0v) is 21.9. The topological polar surface area (TPSA) is 74.8 Å². The summed E-state index contributed by atoms with van der Waals surface area (Å²) < 4.78 is 0. The van der Waals surface area contributed by atoms with Gasteiger partial charge in [-0.05, 0) is 65.5 Å². The van der Waals surface area contributed by atoms with Crippen molar-refractivity contribution in [2.45, 2.75) is 59.8 Å². The number of anilines is 2. The van der Waals surface area contributed by atoms with Crippen LogP contribution in [-0.4, -0.2) is 23.6 Å². The highest BCUT2D eigenvalue weighted by molar-refractivity contribution is 6.34. The fourth-order valence-corrected chi connectivity index (χ4v) is 5.37. The predicted octanol–water partition coefficient (Wildman–Crippen LogP) is 5.35. The van der Waals surface area contributed by atoms with Crippen LogP contribution in [0.5, 0.6) is 0 Å². The molecule has 4 rings (SSSR count). The lowest BCUT2D eigenvalue weighted by molar-refractivity contribution is -0.121. The number of hydrogen-bond acceptors (Lipinski definition) is 4. The summed E-state index contributed by atoms with van der Waals surface area (Å²) in [5.41, 5.74) is 6.52. The number of nitrogens with zero attached hydrogens (tertiary/aromatic N) is 2. The lowest BCUT2D eigenvalue weighted by Gasteiger charge is -2.25. The van der Waals surface area contributed by atoms with Crippen LogP contribution in [0.25, 0.3) is 0 Å². The molecule has 2 aliphatic heterocycles. The molecule has 0 atom stereocenters. The van der Waals surface area contributed by atoms with Gasteiger partial charge in [0.25, 0.3) is 23.6 Å². The standard InChI is InChI=1S/C29H29ClN2O4/c1-6-19-15-20(27(30)21(7-2)29(19)32-25(35)10-11-26(32)36)13-18-12-17(5)28(22(14-18)16(3)4)31-23(33)8-9-24(31)34/h8-12,14-16H,6-7,13H2,1-5H3. The maximum atomic E-state index is 12.5. The second kappa shape index (κ2) is 9.86. The average Bonchev–Trinajstić information content (AvgIpc) is 3.34. The molecular formula is C29H29ClN2O4. The van der Waals surface area contributed by atoms with Gasteiger partial charge in [-0.15, -0.1) is 0 Å². The highest BCUT2D eigenvalue weighted by Crippen LogP contribution is 2.39. The van der Waals surface area contributed by atoms with Crippen LogP contribution in [0.15, 0.2) is 42.5 Å². The zero-order valence-electron chi connectivity index (χ0n) is 21.1. The molecule has 0 saturated carbocycles. The van der Waals surface area contributed by atoms with Gasteiger partial charge in [0.05, 0.1) is 11.4 Å². The molecule has 2 heterocycles. The van der Waals surface area contributed by atoms with E-state index in [9.17, 15) is 19.2 Å². The van der Waals surface area contributed by atoms with Gasteiger partial charge in [-0.2, -0.15) is 0 Å². The molecule has 0 fully saturated rings. The Labute approximate surface area is 216 Å². The van der Waals surface area contributed by atoms with Gasteiger partial charge in [-0.3, -0.25) is 19.2 Å². The van der Waals surface area contributed by atoms with Gasteiger partial charge in [0.2, 0.25) is 0 Å². The number of benzene rings is 2. The molecule has 0 aliphatic carbocycles. The summed E-state index contributed by atoms with van der Waals surface area (Å²) in [6.07, 6.45) is 6.88. The summed E-state index contributed by atoms with van der Waals surface area (Å²) in [6, 6.07) is 6.00. The van der Waals surface area contributed by atoms with Gasteiger partial charge >= 0.3 is 0 Å². The van der Waals surface area contributed by atoms with Crippen LogP contribution < -0.4 is 9.80 Å². The second-order valence-corrected chi connectivity index (χ2v) is 9.79. The molecule has 2 aromatic carbocycles. The van der Waals surface area contributed by atoms with Gasteiger partial charge in [0.15, 0.2) is 0 Å². The SMILES string of the molecule is CCc1cc(Cc2cc(C)c(N3C(=O)C=CC3=O)c(C(C)C)c2)c(Cl)c(CC)c1N1C(=O)C=CC1=O. The Morgan fingerprint density at radius 1 is 0.750 bits per heavy atom. The molecule has 0 radical (unpaired) electrons. The Hall–Kier alpha value is -3.51. The number of amides is 4. The Balaban J connectivity index is 1.80. The van der Waals surface area contributed by atoms with Crippen LogP contribution in [0.1, 0.15) is 67.0 Å². The van der Waals surface area contributed by atoms with E-state index in [1.165, 1.54) is 34.1 Å². The third-order valence-electron chi connectivity index (χ3n) is 6.69. The summed E-state index contributed by atoms with van der Waals surface area (Å²) in [7, 11) is 0. The van der Waals surface area contributed by atoms with E-state index in [-0.39, 0.29) is 29.5 Å². The van der Waals surface area contributed by atoms with Crippen LogP contribution in [0, 0.1) is 6.92 Å². The third-order valence-corrected chi connectivity index (χ3v) is 7.16. The molecule has 36 heavy (non-hydrogen) atoms. The minimum absolute atomic E-state index is 0.0785. The van der Waals surface area contributed by atoms with Gasteiger partial charge in [0, 0.05) is 29.3 Å². The van der Waals surface area contributed by atoms with Crippen molar-refractivity contribution in [2.75, 3.05) is 9.80 Å². The monoisotopic (exact) mass is 504 g/mol. The maximum Gasteiger partial charge on any atom is 0.258 e. The number of carbonyl (C=O) groups is 4. The summed E-state index contributed by atoms with van der Waals surface area (Å²) in [4.78, 5) is 52.2. The molecule has 0 N–H and O–H groups in total. The number of imide groups is 2. The molecule has 2 aliphatic rings. The van der Waals surface area contributed by atoms with Crippen LogP contribution in [0.2, 0.25) is 5.02 Å². The first-order valence-corrected chi connectivity index (χ1v) is 12.6. The van der Waals surface area contributed by atoms with Crippen molar-refractivity contribution in [1.29, 1.82) is 0 Å². The fraction of sp³-hybridized carbons (Fsp3) is 0.310. The first-order valence-electron chi connectivity index (χ1n) is 12.2. The molecule has 2 aromatic rings. The van der Waals surface area contributed by atoms with Crippen molar-refractivity contribution in [2.24, 2.45) is 0 Å². The van der Waals surface area contributed by atoms with E-state index in [0.717, 1.165) is 33.4 Å². The molecule has 0 saturated heterocycles. The highest BCUT2D eigenvalue weighted by atomic mass is 35.5. The second-order valence-electron chi connectivity index (χ2n) is 9.42. The molecule has 186 valence electrons. The summed E-state index contributed by atoms with van der Waals surface area (Å²) >= 11 is 6.91. The van der Waals surface area contributed by atoms with Crippen molar-refractivity contribution in [3.8, 4) is 0 Å². The number of halogens is 1. The van der Waals surface area contributed by atoms with Crippen molar-refractivity contribution in [3.63, 3.8) is 0 Å². The summed E-state index contributed by atoms with van der Waals surface area (Å²) in [6.45, 7) is 9.92. The van der Waals surface area contributed by atoms with E-state index in [0.29, 0.717) is 35.7 Å². The van der Waals surface area contributed by atoms with Crippen LogP contribution >= 0.6 is 11.6 Å². The highest BCUT2D eigenvalue weighted by Gasteiger charge is 2.32. The maximum absolute atomic E-state index is 12.5. The quantitative estimate of drug-likeness (QED) is 0.476. The zero-order chi connectivity index (χ0) is 26.3.